The van der Waals surface area contributed by atoms with Crippen LogP contribution in [0.2, 0.25) is 0 Å². The zero-order valence-electron chi connectivity index (χ0n) is 20.5. The SMILES string of the molecule is COC(=O)c1ccccc1COc1ccc(CCNCCCOc2cccc(NS(C)(=O)=O)c2)cc1. The molecule has 0 atom stereocenters. The number of carbonyl (C=O) groups is 1. The summed E-state index contributed by atoms with van der Waals surface area (Å²) < 4.78 is 41.5. The Morgan fingerprint density at radius 3 is 2.42 bits per heavy atom. The molecule has 0 aliphatic rings. The zero-order chi connectivity index (χ0) is 25.8. The highest BCUT2D eigenvalue weighted by atomic mass is 32.2. The molecule has 0 aliphatic heterocycles. The molecule has 0 unspecified atom stereocenters. The number of sulfonamides is 1. The van der Waals surface area contributed by atoms with Gasteiger partial charge >= 0.3 is 5.97 Å². The van der Waals surface area contributed by atoms with Gasteiger partial charge in [-0.3, -0.25) is 4.72 Å². The summed E-state index contributed by atoms with van der Waals surface area (Å²) in [5.74, 6) is 0.985. The maximum atomic E-state index is 11.9. The van der Waals surface area contributed by atoms with Crippen molar-refractivity contribution in [3.63, 3.8) is 0 Å². The molecule has 0 aromatic heterocycles. The smallest absolute Gasteiger partial charge is 0.338 e. The molecule has 0 spiro atoms. The summed E-state index contributed by atoms with van der Waals surface area (Å²) in [6, 6.07) is 22.1. The summed E-state index contributed by atoms with van der Waals surface area (Å²) in [6.07, 6.45) is 2.82. The van der Waals surface area contributed by atoms with Gasteiger partial charge in [0.05, 0.1) is 31.2 Å². The average Bonchev–Trinajstić information content (AvgIpc) is 2.86. The molecule has 3 aromatic rings. The van der Waals surface area contributed by atoms with Gasteiger partial charge in [0, 0.05) is 11.6 Å². The van der Waals surface area contributed by atoms with Gasteiger partial charge in [0.2, 0.25) is 10.0 Å². The number of carbonyl (C=O) groups excluding carboxylic acids is 1. The van der Waals surface area contributed by atoms with Gasteiger partial charge < -0.3 is 19.5 Å². The Morgan fingerprint density at radius 1 is 0.889 bits per heavy atom. The Labute approximate surface area is 212 Å². The molecule has 0 saturated carbocycles. The number of benzene rings is 3. The minimum atomic E-state index is -3.31. The number of ether oxygens (including phenoxy) is 3. The predicted octanol–water partition coefficient (Wildman–Crippen LogP) is 4.02. The molecule has 8 nitrogen and oxygen atoms in total. The van der Waals surface area contributed by atoms with E-state index in [-0.39, 0.29) is 12.6 Å². The van der Waals surface area contributed by atoms with E-state index >= 15 is 0 Å². The molecule has 0 amide bonds. The van der Waals surface area contributed by atoms with Crippen molar-refractivity contribution in [1.29, 1.82) is 0 Å². The molecule has 0 bridgehead atoms. The Morgan fingerprint density at radius 2 is 1.67 bits per heavy atom. The highest BCUT2D eigenvalue weighted by molar-refractivity contribution is 7.92. The van der Waals surface area contributed by atoms with Crippen LogP contribution in [0.4, 0.5) is 5.69 Å². The van der Waals surface area contributed by atoms with Crippen molar-refractivity contribution in [2.24, 2.45) is 0 Å². The van der Waals surface area contributed by atoms with Crippen molar-refractivity contribution in [3.8, 4) is 11.5 Å². The summed E-state index contributed by atoms with van der Waals surface area (Å²) in [5, 5.41) is 3.40. The van der Waals surface area contributed by atoms with Crippen molar-refractivity contribution in [2.75, 3.05) is 37.8 Å². The number of anilines is 1. The van der Waals surface area contributed by atoms with Crippen LogP contribution in [0.1, 0.15) is 27.9 Å². The number of hydrogen-bond donors (Lipinski definition) is 2. The van der Waals surface area contributed by atoms with Crippen LogP contribution in [0.25, 0.3) is 0 Å². The molecule has 0 fully saturated rings. The molecule has 2 N–H and O–H groups in total. The van der Waals surface area contributed by atoms with Crippen LogP contribution in [0.3, 0.4) is 0 Å². The second-order valence-electron chi connectivity index (χ2n) is 8.19. The normalized spacial score (nSPS) is 11.1. The molecule has 36 heavy (non-hydrogen) atoms. The maximum Gasteiger partial charge on any atom is 0.338 e. The van der Waals surface area contributed by atoms with Gasteiger partial charge in [-0.2, -0.15) is 0 Å². The minimum Gasteiger partial charge on any atom is -0.493 e. The number of rotatable bonds is 14. The molecule has 0 aliphatic carbocycles. The van der Waals surface area contributed by atoms with Gasteiger partial charge in [-0.05, 0) is 61.8 Å². The highest BCUT2D eigenvalue weighted by Gasteiger charge is 2.11. The van der Waals surface area contributed by atoms with Crippen LogP contribution < -0.4 is 19.5 Å². The lowest BCUT2D eigenvalue weighted by atomic mass is 10.1. The monoisotopic (exact) mass is 512 g/mol. The molecule has 3 aromatic carbocycles. The molecule has 3 rings (SSSR count). The summed E-state index contributed by atoms with van der Waals surface area (Å²) in [6.45, 7) is 2.45. The van der Waals surface area contributed by atoms with Gasteiger partial charge in [-0.1, -0.05) is 36.4 Å². The first-order valence-corrected chi connectivity index (χ1v) is 13.5. The van der Waals surface area contributed by atoms with E-state index in [0.29, 0.717) is 23.6 Å². The van der Waals surface area contributed by atoms with E-state index in [0.717, 1.165) is 43.5 Å². The van der Waals surface area contributed by atoms with Crippen LogP contribution in [-0.4, -0.2) is 47.4 Å². The van der Waals surface area contributed by atoms with Gasteiger partial charge in [0.15, 0.2) is 0 Å². The van der Waals surface area contributed by atoms with E-state index in [1.165, 1.54) is 12.7 Å². The van der Waals surface area contributed by atoms with E-state index in [1.54, 1.807) is 36.4 Å². The number of hydrogen-bond acceptors (Lipinski definition) is 7. The largest absolute Gasteiger partial charge is 0.493 e. The third-order valence-corrected chi connectivity index (χ3v) is 5.84. The van der Waals surface area contributed by atoms with Gasteiger partial charge in [-0.15, -0.1) is 0 Å². The van der Waals surface area contributed by atoms with Crippen molar-refractivity contribution in [2.45, 2.75) is 19.4 Å². The van der Waals surface area contributed by atoms with E-state index in [4.69, 9.17) is 14.2 Å². The first kappa shape index (κ1) is 27.0. The average molecular weight is 513 g/mol. The van der Waals surface area contributed by atoms with E-state index in [2.05, 4.69) is 10.0 Å². The first-order valence-electron chi connectivity index (χ1n) is 11.6. The van der Waals surface area contributed by atoms with Crippen LogP contribution in [0.15, 0.2) is 72.8 Å². The Balaban J connectivity index is 1.32. The van der Waals surface area contributed by atoms with E-state index in [9.17, 15) is 13.2 Å². The van der Waals surface area contributed by atoms with Crippen LogP contribution in [0.5, 0.6) is 11.5 Å². The predicted molar refractivity (Wildman–Crippen MR) is 140 cm³/mol. The summed E-state index contributed by atoms with van der Waals surface area (Å²) in [5.41, 5.74) is 2.96. The fourth-order valence-electron chi connectivity index (χ4n) is 3.48. The highest BCUT2D eigenvalue weighted by Crippen LogP contribution is 2.19. The van der Waals surface area contributed by atoms with Crippen molar-refractivity contribution in [3.05, 3.63) is 89.5 Å². The third-order valence-electron chi connectivity index (χ3n) is 5.23. The lowest BCUT2D eigenvalue weighted by molar-refractivity contribution is 0.0597. The van der Waals surface area contributed by atoms with Crippen molar-refractivity contribution < 1.29 is 27.4 Å². The van der Waals surface area contributed by atoms with E-state index in [1.807, 2.05) is 36.4 Å². The number of esters is 1. The fraction of sp³-hybridized carbons (Fsp3) is 0.296. The van der Waals surface area contributed by atoms with Crippen molar-refractivity contribution in [1.82, 2.24) is 5.32 Å². The summed E-state index contributed by atoms with van der Waals surface area (Å²) in [7, 11) is -1.95. The second kappa shape index (κ2) is 13.5. The molecular weight excluding hydrogens is 480 g/mol. The van der Waals surface area contributed by atoms with Gasteiger partial charge in [0.25, 0.3) is 0 Å². The zero-order valence-corrected chi connectivity index (χ0v) is 21.3. The first-order chi connectivity index (χ1) is 17.3. The fourth-order valence-corrected chi connectivity index (χ4v) is 4.03. The maximum absolute atomic E-state index is 11.9. The Hall–Kier alpha value is -3.56. The topological polar surface area (TPSA) is 103 Å². The quantitative estimate of drug-likeness (QED) is 0.248. The lowest BCUT2D eigenvalue weighted by Crippen LogP contribution is -2.20. The Kier molecular flexibility index (Phi) is 10.1. The second-order valence-corrected chi connectivity index (χ2v) is 9.93. The molecule has 192 valence electrons. The van der Waals surface area contributed by atoms with Crippen molar-refractivity contribution >= 4 is 21.7 Å². The van der Waals surface area contributed by atoms with Gasteiger partial charge in [0.1, 0.15) is 18.1 Å². The number of nitrogens with one attached hydrogen (secondary N) is 2. The molecular formula is C27H32N2O6S. The summed E-state index contributed by atoms with van der Waals surface area (Å²) in [4.78, 5) is 11.9. The van der Waals surface area contributed by atoms with Crippen LogP contribution >= 0.6 is 0 Å². The third kappa shape index (κ3) is 9.24. The minimum absolute atomic E-state index is 0.284. The van der Waals surface area contributed by atoms with E-state index < -0.39 is 10.0 Å². The molecule has 9 heteroatoms. The number of methoxy groups -OCH3 is 1. The molecule has 0 saturated heterocycles. The lowest BCUT2D eigenvalue weighted by Gasteiger charge is -2.11. The molecule has 0 heterocycles. The summed E-state index contributed by atoms with van der Waals surface area (Å²) >= 11 is 0. The Bertz CT molecular complexity index is 1230. The van der Waals surface area contributed by atoms with Gasteiger partial charge in [-0.25, -0.2) is 13.2 Å². The standard InChI is InChI=1S/C27H32N2O6S/c1-33-27(30)26-10-4-3-7-22(26)20-35-24-13-11-21(12-14-24)15-17-28-16-6-18-34-25-9-5-8-23(19-25)29-36(2,31)32/h3-5,7-14,19,28-29H,6,15-18,20H2,1-2H3. The van der Waals surface area contributed by atoms with Crippen LogP contribution in [0, 0.1) is 0 Å². The van der Waals surface area contributed by atoms with Crippen LogP contribution in [-0.2, 0) is 27.8 Å². The molecule has 0 radical (unpaired) electrons.